The Labute approximate surface area is 124 Å². The summed E-state index contributed by atoms with van der Waals surface area (Å²) in [6.07, 6.45) is 0. The van der Waals surface area contributed by atoms with Gasteiger partial charge >= 0.3 is 0 Å². The highest BCUT2D eigenvalue weighted by Crippen LogP contribution is 2.24. The summed E-state index contributed by atoms with van der Waals surface area (Å²) in [5.41, 5.74) is 6.75. The average Bonchev–Trinajstić information content (AvgIpc) is 2.75. The highest BCUT2D eigenvalue weighted by Gasteiger charge is 2.17. The molecule has 0 aliphatic heterocycles. The van der Waals surface area contributed by atoms with Crippen LogP contribution in [0.5, 0.6) is 0 Å². The van der Waals surface area contributed by atoms with Crippen LogP contribution in [0, 0.1) is 6.92 Å². The van der Waals surface area contributed by atoms with Gasteiger partial charge in [-0.25, -0.2) is 13.1 Å². The summed E-state index contributed by atoms with van der Waals surface area (Å²) >= 11 is 4.87. The van der Waals surface area contributed by atoms with Gasteiger partial charge in [-0.2, -0.15) is 0 Å². The lowest BCUT2D eigenvalue weighted by molar-refractivity contribution is 0.581. The first kappa shape index (κ1) is 14.5. The van der Waals surface area contributed by atoms with Crippen LogP contribution in [0.2, 0.25) is 0 Å². The number of nitrogens with two attached hydrogens (primary N) is 1. The van der Waals surface area contributed by atoms with Gasteiger partial charge in [-0.1, -0.05) is 6.07 Å². The largest absolute Gasteiger partial charge is 0.399 e. The standard InChI is InChI=1S/C12H13BrN2O2S2/c1-8-2-3-9(14)6-12(8)19(16,17)15-7-11-10(13)4-5-18-11/h2-6,15H,7,14H2,1H3. The number of halogens is 1. The number of hydrogen-bond donors (Lipinski definition) is 2. The van der Waals surface area contributed by atoms with Crippen molar-refractivity contribution in [3.63, 3.8) is 0 Å². The Kier molecular flexibility index (Phi) is 4.29. The van der Waals surface area contributed by atoms with Crippen LogP contribution in [0.3, 0.4) is 0 Å². The number of aryl methyl sites for hydroxylation is 1. The fourth-order valence-corrected chi connectivity index (χ4v) is 4.39. The Bertz CT molecular complexity index is 696. The molecule has 0 radical (unpaired) electrons. The molecule has 0 fully saturated rings. The van der Waals surface area contributed by atoms with Gasteiger partial charge < -0.3 is 5.73 Å². The Morgan fingerprint density at radius 2 is 2.11 bits per heavy atom. The van der Waals surface area contributed by atoms with E-state index in [1.165, 1.54) is 17.4 Å². The predicted octanol–water partition coefficient (Wildman–Crippen LogP) is 2.88. The highest BCUT2D eigenvalue weighted by atomic mass is 79.9. The van der Waals surface area contributed by atoms with E-state index in [0.717, 1.165) is 9.35 Å². The number of anilines is 1. The second-order valence-corrected chi connectivity index (χ2v) is 7.63. The SMILES string of the molecule is Cc1ccc(N)cc1S(=O)(=O)NCc1sccc1Br. The Balaban J connectivity index is 2.23. The van der Waals surface area contributed by atoms with E-state index in [1.54, 1.807) is 19.1 Å². The van der Waals surface area contributed by atoms with Crippen molar-refractivity contribution < 1.29 is 8.42 Å². The van der Waals surface area contributed by atoms with Crippen molar-refractivity contribution in [3.8, 4) is 0 Å². The summed E-state index contributed by atoms with van der Waals surface area (Å²) in [5, 5.41) is 1.90. The molecular formula is C12H13BrN2O2S2. The maximum absolute atomic E-state index is 12.2. The molecule has 0 bridgehead atoms. The number of rotatable bonds is 4. The van der Waals surface area contributed by atoms with Crippen molar-refractivity contribution in [1.29, 1.82) is 0 Å². The molecule has 2 rings (SSSR count). The van der Waals surface area contributed by atoms with E-state index in [-0.39, 0.29) is 11.4 Å². The minimum absolute atomic E-state index is 0.222. The maximum atomic E-state index is 12.2. The van der Waals surface area contributed by atoms with E-state index in [4.69, 9.17) is 5.73 Å². The van der Waals surface area contributed by atoms with E-state index in [9.17, 15) is 8.42 Å². The van der Waals surface area contributed by atoms with Crippen LogP contribution >= 0.6 is 27.3 Å². The average molecular weight is 361 g/mol. The number of nitrogens with one attached hydrogen (secondary N) is 1. The van der Waals surface area contributed by atoms with Crippen molar-refractivity contribution in [2.24, 2.45) is 0 Å². The van der Waals surface area contributed by atoms with Gasteiger partial charge in [0.25, 0.3) is 0 Å². The lowest BCUT2D eigenvalue weighted by Crippen LogP contribution is -2.23. The zero-order chi connectivity index (χ0) is 14.0. The van der Waals surface area contributed by atoms with Crippen molar-refractivity contribution in [3.05, 3.63) is 44.6 Å². The predicted molar refractivity (Wildman–Crippen MR) is 81.6 cm³/mol. The Hall–Kier alpha value is -0.890. The summed E-state index contributed by atoms with van der Waals surface area (Å²) in [4.78, 5) is 1.16. The fraction of sp³-hybridized carbons (Fsp3) is 0.167. The Morgan fingerprint density at radius 1 is 1.37 bits per heavy atom. The molecule has 102 valence electrons. The molecule has 0 saturated heterocycles. The molecule has 0 unspecified atom stereocenters. The molecule has 7 heteroatoms. The normalized spacial score (nSPS) is 11.7. The van der Waals surface area contributed by atoms with Gasteiger partial charge in [0.1, 0.15) is 0 Å². The third-order valence-electron chi connectivity index (χ3n) is 2.62. The quantitative estimate of drug-likeness (QED) is 0.823. The van der Waals surface area contributed by atoms with Gasteiger partial charge in [0.2, 0.25) is 10.0 Å². The van der Waals surface area contributed by atoms with E-state index in [1.807, 2.05) is 11.4 Å². The molecule has 2 aromatic rings. The summed E-state index contributed by atoms with van der Waals surface area (Å²) in [5.74, 6) is 0. The molecule has 0 atom stereocenters. The smallest absolute Gasteiger partial charge is 0.241 e. The summed E-state index contributed by atoms with van der Waals surface area (Å²) in [7, 11) is -3.55. The minimum atomic E-state index is -3.55. The van der Waals surface area contributed by atoms with Crippen LogP contribution in [0.4, 0.5) is 5.69 Å². The second-order valence-electron chi connectivity index (χ2n) is 4.04. The molecule has 1 heterocycles. The monoisotopic (exact) mass is 360 g/mol. The van der Waals surface area contributed by atoms with Crippen molar-refractivity contribution >= 4 is 43.0 Å². The number of thiophene rings is 1. The molecule has 0 spiro atoms. The molecule has 1 aromatic carbocycles. The summed E-state index contributed by atoms with van der Waals surface area (Å²) in [6, 6.07) is 6.75. The van der Waals surface area contributed by atoms with Crippen LogP contribution in [-0.4, -0.2) is 8.42 Å². The van der Waals surface area contributed by atoms with Crippen LogP contribution < -0.4 is 10.5 Å². The summed E-state index contributed by atoms with van der Waals surface area (Å²) < 4.78 is 28.0. The lowest BCUT2D eigenvalue weighted by Gasteiger charge is -2.09. The molecule has 0 aliphatic carbocycles. The molecule has 0 aliphatic rings. The number of hydrogen-bond acceptors (Lipinski definition) is 4. The zero-order valence-corrected chi connectivity index (χ0v) is 13.4. The fourth-order valence-electron chi connectivity index (χ4n) is 1.60. The van der Waals surface area contributed by atoms with Gasteiger partial charge in [0, 0.05) is 21.6 Å². The van der Waals surface area contributed by atoms with Gasteiger partial charge in [0.05, 0.1) is 4.90 Å². The molecule has 4 nitrogen and oxygen atoms in total. The first-order valence-corrected chi connectivity index (χ1v) is 8.63. The third kappa shape index (κ3) is 3.36. The van der Waals surface area contributed by atoms with E-state index >= 15 is 0 Å². The molecule has 0 amide bonds. The van der Waals surface area contributed by atoms with Gasteiger partial charge in [-0.3, -0.25) is 0 Å². The van der Waals surface area contributed by atoms with Crippen molar-refractivity contribution in [2.45, 2.75) is 18.4 Å². The molecular weight excluding hydrogens is 348 g/mol. The summed E-state index contributed by atoms with van der Waals surface area (Å²) in [6.45, 7) is 2.00. The van der Waals surface area contributed by atoms with Gasteiger partial charge in [-0.15, -0.1) is 11.3 Å². The number of sulfonamides is 1. The first-order valence-electron chi connectivity index (χ1n) is 5.48. The molecule has 19 heavy (non-hydrogen) atoms. The maximum Gasteiger partial charge on any atom is 0.241 e. The van der Waals surface area contributed by atoms with Crippen LogP contribution in [-0.2, 0) is 16.6 Å². The molecule has 1 aromatic heterocycles. The van der Waals surface area contributed by atoms with Crippen LogP contribution in [0.1, 0.15) is 10.4 Å². The lowest BCUT2D eigenvalue weighted by atomic mass is 10.2. The first-order chi connectivity index (χ1) is 8.90. The van der Waals surface area contributed by atoms with Crippen molar-refractivity contribution in [1.82, 2.24) is 4.72 Å². The van der Waals surface area contributed by atoms with E-state index < -0.39 is 10.0 Å². The van der Waals surface area contributed by atoms with Crippen LogP contribution in [0.15, 0.2) is 39.0 Å². The molecule has 3 N–H and O–H groups in total. The van der Waals surface area contributed by atoms with Crippen molar-refractivity contribution in [2.75, 3.05) is 5.73 Å². The Morgan fingerprint density at radius 3 is 2.74 bits per heavy atom. The van der Waals surface area contributed by atoms with Gasteiger partial charge in [-0.05, 0) is 52.0 Å². The van der Waals surface area contributed by atoms with E-state index in [2.05, 4.69) is 20.7 Å². The number of benzene rings is 1. The van der Waals surface area contributed by atoms with E-state index in [0.29, 0.717) is 11.3 Å². The topological polar surface area (TPSA) is 72.2 Å². The second kappa shape index (κ2) is 5.62. The van der Waals surface area contributed by atoms with Crippen LogP contribution in [0.25, 0.3) is 0 Å². The minimum Gasteiger partial charge on any atom is -0.399 e. The highest BCUT2D eigenvalue weighted by molar-refractivity contribution is 9.10. The third-order valence-corrected chi connectivity index (χ3v) is 6.09. The zero-order valence-electron chi connectivity index (χ0n) is 10.2. The van der Waals surface area contributed by atoms with Gasteiger partial charge in [0.15, 0.2) is 0 Å². The molecule has 0 saturated carbocycles. The number of nitrogen functional groups attached to an aromatic ring is 1.